The molecule has 2 N–H and O–H groups in total. The fourth-order valence-electron chi connectivity index (χ4n) is 5.18. The number of nitrogens with zero attached hydrogens (tertiary/aromatic N) is 1. The van der Waals surface area contributed by atoms with Crippen molar-refractivity contribution >= 4 is 11.9 Å². The fourth-order valence-corrected chi connectivity index (χ4v) is 5.18. The van der Waals surface area contributed by atoms with Gasteiger partial charge in [0.05, 0.1) is 6.10 Å². The van der Waals surface area contributed by atoms with Gasteiger partial charge in [0.1, 0.15) is 5.76 Å². The van der Waals surface area contributed by atoms with E-state index in [2.05, 4.69) is 11.3 Å². The highest BCUT2D eigenvalue weighted by molar-refractivity contribution is 5.82. The Hall–Kier alpha value is -2.02. The largest absolute Gasteiger partial charge is 0.486 e. The van der Waals surface area contributed by atoms with Gasteiger partial charge in [0.2, 0.25) is 0 Å². The van der Waals surface area contributed by atoms with Gasteiger partial charge in [-0.05, 0) is 86.7 Å². The molecule has 3 aliphatic rings. The molecule has 0 aliphatic heterocycles. The van der Waals surface area contributed by atoms with Crippen LogP contribution in [0.2, 0.25) is 0 Å². The number of carbonyl (C=O) groups is 2. The molecule has 7 nitrogen and oxygen atoms in total. The molecule has 1 amide bonds. The smallest absolute Gasteiger partial charge is 0.341 e. The molecule has 4 unspecified atom stereocenters. The number of hydrogen-bond donors (Lipinski definition) is 2. The summed E-state index contributed by atoms with van der Waals surface area (Å²) in [5, 5.41) is 21.1. The van der Waals surface area contributed by atoms with Crippen LogP contribution in [0.15, 0.2) is 28.2 Å². The number of carboxylic acid groups (broad SMARTS) is 1. The summed E-state index contributed by atoms with van der Waals surface area (Å²) in [6.45, 7) is 7.08. The number of hydrogen-bond acceptors (Lipinski definition) is 5. The van der Waals surface area contributed by atoms with Gasteiger partial charge in [-0.2, -0.15) is 0 Å². The van der Waals surface area contributed by atoms with E-state index in [0.29, 0.717) is 12.3 Å². The zero-order valence-corrected chi connectivity index (χ0v) is 20.6. The minimum absolute atomic E-state index is 0.145. The molecule has 0 heterocycles. The van der Waals surface area contributed by atoms with Crippen molar-refractivity contribution in [2.24, 2.45) is 28.3 Å². The monoisotopic (exact) mass is 463 g/mol. The Balaban J connectivity index is 0.000000365. The van der Waals surface area contributed by atoms with Crippen LogP contribution in [0.1, 0.15) is 91.9 Å². The maximum Gasteiger partial charge on any atom is 0.341 e. The number of rotatable bonds is 9. The van der Waals surface area contributed by atoms with Crippen molar-refractivity contribution in [3.05, 3.63) is 27.9 Å². The summed E-state index contributed by atoms with van der Waals surface area (Å²) in [7, 11) is 0. The van der Waals surface area contributed by atoms with Crippen LogP contribution in [-0.4, -0.2) is 34.8 Å². The molecule has 7 heteroatoms. The number of nitroso groups, excluding NO2 is 1. The zero-order valence-electron chi connectivity index (χ0n) is 20.6. The Kier molecular flexibility index (Phi) is 10.3. The molecule has 33 heavy (non-hydrogen) atoms. The summed E-state index contributed by atoms with van der Waals surface area (Å²) in [6.07, 6.45) is 12.3. The Bertz CT molecular complexity index is 769. The average Bonchev–Trinajstić information content (AvgIpc) is 3.21. The van der Waals surface area contributed by atoms with Crippen molar-refractivity contribution < 1.29 is 24.5 Å². The molecule has 0 spiro atoms. The lowest BCUT2D eigenvalue weighted by atomic mass is 9.70. The van der Waals surface area contributed by atoms with E-state index in [1.165, 1.54) is 24.0 Å². The molecule has 186 valence electrons. The number of aliphatic hydroxyl groups is 1. The second kappa shape index (κ2) is 12.4. The van der Waals surface area contributed by atoms with Crippen LogP contribution in [0.25, 0.3) is 0 Å². The molecule has 0 aromatic heterocycles. The van der Waals surface area contributed by atoms with Crippen molar-refractivity contribution in [3.8, 4) is 0 Å². The van der Waals surface area contributed by atoms with Crippen molar-refractivity contribution in [1.82, 2.24) is 0 Å². The first-order valence-corrected chi connectivity index (χ1v) is 12.4. The standard InChI is InChI=1S/C20H30O4.C6H11NO2/c1-2-16(21)9-8-13-6-7-15-11-18-14(10-17(13)15)4-3-5-19(18)24-12-20(22)23;1-4-6(2,3)5(8)7-9/h4,13,15-17,21H,2-3,5-12H2,1H3,(H,22,23);4H2,1-3H3. The lowest BCUT2D eigenvalue weighted by Gasteiger charge is -2.36. The van der Waals surface area contributed by atoms with Gasteiger partial charge < -0.3 is 14.9 Å². The first kappa shape index (κ1) is 27.2. The van der Waals surface area contributed by atoms with Crippen LogP contribution in [0.3, 0.4) is 0 Å². The van der Waals surface area contributed by atoms with E-state index < -0.39 is 17.3 Å². The van der Waals surface area contributed by atoms with Gasteiger partial charge in [0.25, 0.3) is 5.91 Å². The van der Waals surface area contributed by atoms with Crippen LogP contribution in [0.5, 0.6) is 0 Å². The second-order valence-electron chi connectivity index (χ2n) is 10.3. The van der Waals surface area contributed by atoms with E-state index in [1.54, 1.807) is 13.8 Å². The third-order valence-corrected chi connectivity index (χ3v) is 7.79. The van der Waals surface area contributed by atoms with E-state index in [1.807, 2.05) is 13.8 Å². The summed E-state index contributed by atoms with van der Waals surface area (Å²) in [6, 6.07) is 0. The molecule has 3 rings (SSSR count). The van der Waals surface area contributed by atoms with Gasteiger partial charge in [-0.3, -0.25) is 4.79 Å². The summed E-state index contributed by atoms with van der Waals surface area (Å²) in [4.78, 5) is 31.1. The predicted octanol–water partition coefficient (Wildman–Crippen LogP) is 5.76. The summed E-state index contributed by atoms with van der Waals surface area (Å²) >= 11 is 0. The number of aliphatic hydroxyl groups excluding tert-OH is 1. The number of carboxylic acids is 1. The van der Waals surface area contributed by atoms with Crippen LogP contribution in [-0.2, 0) is 14.3 Å². The molecular weight excluding hydrogens is 422 g/mol. The Morgan fingerprint density at radius 3 is 2.55 bits per heavy atom. The summed E-state index contributed by atoms with van der Waals surface area (Å²) in [5.41, 5.74) is 2.14. The normalized spacial score (nSPS) is 25.1. The first-order chi connectivity index (χ1) is 15.6. The van der Waals surface area contributed by atoms with Gasteiger partial charge in [-0.1, -0.05) is 33.8 Å². The summed E-state index contributed by atoms with van der Waals surface area (Å²) < 4.78 is 5.59. The quantitative estimate of drug-likeness (QED) is 0.420. The van der Waals surface area contributed by atoms with Crippen LogP contribution in [0.4, 0.5) is 0 Å². The molecule has 0 saturated heterocycles. The number of allylic oxidation sites excluding steroid dienone is 4. The van der Waals surface area contributed by atoms with Crippen LogP contribution >= 0.6 is 0 Å². The molecule has 3 aliphatic carbocycles. The maximum atomic E-state index is 10.8. The van der Waals surface area contributed by atoms with E-state index in [0.717, 1.165) is 62.5 Å². The molecule has 0 aromatic carbocycles. The number of amides is 1. The Morgan fingerprint density at radius 1 is 1.24 bits per heavy atom. The number of ether oxygens (including phenoxy) is 1. The second-order valence-corrected chi connectivity index (χ2v) is 10.3. The lowest BCUT2D eigenvalue weighted by molar-refractivity contribution is -0.141. The third kappa shape index (κ3) is 7.49. The SMILES string of the molecule is CCC(C)(C)C(=O)N=O.CCC(O)CCC1CCC2CC3=C(OCC(=O)O)CCC=C3CC12. The van der Waals surface area contributed by atoms with Gasteiger partial charge in [0, 0.05) is 17.0 Å². The minimum Gasteiger partial charge on any atom is -0.486 e. The zero-order chi connectivity index (χ0) is 24.6. The summed E-state index contributed by atoms with van der Waals surface area (Å²) in [5.74, 6) is 1.65. The predicted molar refractivity (Wildman–Crippen MR) is 127 cm³/mol. The van der Waals surface area contributed by atoms with Crippen LogP contribution < -0.4 is 0 Å². The molecule has 4 atom stereocenters. The molecule has 0 aromatic rings. The molecule has 2 saturated carbocycles. The van der Waals surface area contributed by atoms with E-state index in [9.17, 15) is 19.6 Å². The molecular formula is C26H41NO6. The topological polar surface area (TPSA) is 113 Å². The van der Waals surface area contributed by atoms with Gasteiger partial charge in [-0.25, -0.2) is 4.79 Å². The van der Waals surface area contributed by atoms with Gasteiger partial charge >= 0.3 is 5.97 Å². The highest BCUT2D eigenvalue weighted by atomic mass is 16.5. The van der Waals surface area contributed by atoms with Crippen molar-refractivity contribution in [3.63, 3.8) is 0 Å². The molecule has 0 bridgehead atoms. The maximum absolute atomic E-state index is 10.8. The molecule has 2 fully saturated rings. The van der Waals surface area contributed by atoms with Gasteiger partial charge in [-0.15, -0.1) is 4.91 Å². The Labute approximate surface area is 197 Å². The number of fused-ring (bicyclic) bond motifs is 2. The molecule has 0 radical (unpaired) electrons. The highest BCUT2D eigenvalue weighted by Crippen LogP contribution is 2.52. The van der Waals surface area contributed by atoms with E-state index >= 15 is 0 Å². The highest BCUT2D eigenvalue weighted by Gasteiger charge is 2.41. The van der Waals surface area contributed by atoms with Crippen molar-refractivity contribution in [2.75, 3.05) is 6.61 Å². The van der Waals surface area contributed by atoms with Crippen LogP contribution in [0, 0.1) is 28.1 Å². The third-order valence-electron chi connectivity index (χ3n) is 7.79. The van der Waals surface area contributed by atoms with Crippen molar-refractivity contribution in [2.45, 2.75) is 98.0 Å². The van der Waals surface area contributed by atoms with E-state index in [-0.39, 0.29) is 12.7 Å². The van der Waals surface area contributed by atoms with Crippen molar-refractivity contribution in [1.29, 1.82) is 0 Å². The number of aliphatic carboxylic acids is 1. The van der Waals surface area contributed by atoms with E-state index in [4.69, 9.17) is 9.84 Å². The average molecular weight is 464 g/mol. The van der Waals surface area contributed by atoms with Gasteiger partial charge in [0.15, 0.2) is 6.61 Å². The Morgan fingerprint density at radius 2 is 1.97 bits per heavy atom. The lowest BCUT2D eigenvalue weighted by Crippen LogP contribution is -2.25. The minimum atomic E-state index is -0.900. The number of carbonyl (C=O) groups excluding carboxylic acids is 1. The first-order valence-electron chi connectivity index (χ1n) is 12.4. The fraction of sp³-hybridized carbons (Fsp3) is 0.769.